The number of carbonyl (C=O) groups is 1. The highest BCUT2D eigenvalue weighted by Crippen LogP contribution is 2.14. The van der Waals surface area contributed by atoms with Crippen LogP contribution in [0.2, 0.25) is 5.02 Å². The van der Waals surface area contributed by atoms with Gasteiger partial charge in [-0.15, -0.1) is 0 Å². The number of rotatable bonds is 3. The van der Waals surface area contributed by atoms with Crippen LogP contribution in [0.1, 0.15) is 29.3 Å². The molecule has 0 aliphatic rings. The van der Waals surface area contributed by atoms with Crippen LogP contribution in [0, 0.1) is 0 Å². The summed E-state index contributed by atoms with van der Waals surface area (Å²) in [5.74, 6) is 0.503. The molecule has 2 aromatic heterocycles. The maximum atomic E-state index is 12.0. The number of amides is 1. The highest BCUT2D eigenvalue weighted by atomic mass is 35.5. The Morgan fingerprint density at radius 3 is 2.72 bits per heavy atom. The number of hydrogen-bond donors (Lipinski definition) is 1. The maximum Gasteiger partial charge on any atom is 0.268 e. The van der Waals surface area contributed by atoms with E-state index in [0.29, 0.717) is 16.5 Å². The van der Waals surface area contributed by atoms with Crippen LogP contribution in [0.15, 0.2) is 18.6 Å². The van der Waals surface area contributed by atoms with E-state index in [9.17, 15) is 4.79 Å². The molecule has 2 rings (SSSR count). The van der Waals surface area contributed by atoms with Gasteiger partial charge in [-0.25, -0.2) is 4.98 Å². The molecule has 0 unspecified atom stereocenters. The van der Waals surface area contributed by atoms with Crippen LogP contribution in [-0.2, 0) is 14.1 Å². The van der Waals surface area contributed by atoms with Crippen LogP contribution in [-0.4, -0.2) is 25.2 Å². The fraction of sp³-hybridized carbons (Fsp3) is 0.364. The van der Waals surface area contributed by atoms with Gasteiger partial charge in [0.2, 0.25) is 0 Å². The minimum atomic E-state index is -0.223. The Balaban J connectivity index is 2.13. The number of aryl methyl sites for hydroxylation is 2. The van der Waals surface area contributed by atoms with E-state index in [2.05, 4.69) is 15.4 Å². The molecule has 18 heavy (non-hydrogen) atoms. The minimum Gasteiger partial charge on any atom is -0.345 e. The second-order valence-electron chi connectivity index (χ2n) is 4.09. The summed E-state index contributed by atoms with van der Waals surface area (Å²) in [7, 11) is 3.55. The van der Waals surface area contributed by atoms with Gasteiger partial charge in [0.15, 0.2) is 0 Å². The van der Waals surface area contributed by atoms with Crippen molar-refractivity contribution in [2.75, 3.05) is 0 Å². The first-order valence-corrected chi connectivity index (χ1v) is 5.83. The van der Waals surface area contributed by atoms with Crippen molar-refractivity contribution in [3.8, 4) is 0 Å². The van der Waals surface area contributed by atoms with E-state index in [4.69, 9.17) is 11.6 Å². The summed E-state index contributed by atoms with van der Waals surface area (Å²) in [6.45, 7) is 1.85. The molecule has 1 atom stereocenters. The quantitative estimate of drug-likeness (QED) is 0.912. The average molecular weight is 268 g/mol. The molecular weight excluding hydrogens is 254 g/mol. The molecule has 0 bridgehead atoms. The fourth-order valence-corrected chi connectivity index (χ4v) is 2.03. The Hall–Kier alpha value is -1.82. The Kier molecular flexibility index (Phi) is 3.38. The highest BCUT2D eigenvalue weighted by molar-refractivity contribution is 6.31. The Labute approximate surface area is 110 Å². The molecule has 1 amide bonds. The summed E-state index contributed by atoms with van der Waals surface area (Å²) in [4.78, 5) is 16.1. The summed E-state index contributed by atoms with van der Waals surface area (Å²) >= 11 is 5.84. The molecular formula is C11H14ClN5O. The summed E-state index contributed by atoms with van der Waals surface area (Å²) in [5, 5.41) is 7.36. The van der Waals surface area contributed by atoms with Gasteiger partial charge in [-0.3, -0.25) is 9.48 Å². The molecule has 0 fully saturated rings. The van der Waals surface area contributed by atoms with Gasteiger partial charge in [-0.2, -0.15) is 5.10 Å². The van der Waals surface area contributed by atoms with Gasteiger partial charge in [0.05, 0.1) is 11.1 Å². The van der Waals surface area contributed by atoms with Crippen LogP contribution in [0.4, 0.5) is 0 Å². The SMILES string of the molecule is C[C@H](NC(=O)c1cc(Cl)cn1C)c1ncnn1C. The minimum absolute atomic E-state index is 0.195. The van der Waals surface area contributed by atoms with Gasteiger partial charge in [0.25, 0.3) is 5.91 Å². The molecule has 0 aromatic carbocycles. The van der Waals surface area contributed by atoms with Crippen LogP contribution < -0.4 is 5.32 Å². The number of aromatic nitrogens is 4. The second kappa shape index (κ2) is 4.81. The van der Waals surface area contributed by atoms with Gasteiger partial charge in [0, 0.05) is 20.3 Å². The molecule has 96 valence electrons. The molecule has 1 N–H and O–H groups in total. The third-order valence-corrected chi connectivity index (χ3v) is 2.89. The number of halogens is 1. The van der Waals surface area contributed by atoms with Crippen molar-refractivity contribution >= 4 is 17.5 Å². The van der Waals surface area contributed by atoms with Crippen LogP contribution >= 0.6 is 11.6 Å². The van der Waals surface area contributed by atoms with Gasteiger partial charge in [-0.1, -0.05) is 11.6 Å². The van der Waals surface area contributed by atoms with Crippen molar-refractivity contribution in [3.63, 3.8) is 0 Å². The zero-order valence-corrected chi connectivity index (χ0v) is 11.1. The van der Waals surface area contributed by atoms with Crippen LogP contribution in [0.25, 0.3) is 0 Å². The van der Waals surface area contributed by atoms with Gasteiger partial charge in [-0.05, 0) is 13.0 Å². The first-order chi connectivity index (χ1) is 8.49. The highest BCUT2D eigenvalue weighted by Gasteiger charge is 2.17. The number of nitrogens with zero attached hydrogens (tertiary/aromatic N) is 4. The largest absolute Gasteiger partial charge is 0.345 e. The molecule has 0 radical (unpaired) electrons. The van der Waals surface area contributed by atoms with E-state index in [1.54, 1.807) is 35.6 Å². The van der Waals surface area contributed by atoms with E-state index in [1.165, 1.54) is 6.33 Å². The lowest BCUT2D eigenvalue weighted by Crippen LogP contribution is -2.29. The lowest BCUT2D eigenvalue weighted by atomic mass is 10.3. The maximum absolute atomic E-state index is 12.0. The fourth-order valence-electron chi connectivity index (χ4n) is 1.78. The third-order valence-electron chi connectivity index (χ3n) is 2.69. The summed E-state index contributed by atoms with van der Waals surface area (Å²) < 4.78 is 3.31. The second-order valence-corrected chi connectivity index (χ2v) is 4.53. The molecule has 0 aliphatic heterocycles. The van der Waals surface area contributed by atoms with Gasteiger partial charge < -0.3 is 9.88 Å². The summed E-state index contributed by atoms with van der Waals surface area (Å²) in [5.41, 5.74) is 0.508. The predicted molar refractivity (Wildman–Crippen MR) is 67.3 cm³/mol. The Morgan fingerprint density at radius 2 is 2.22 bits per heavy atom. The smallest absolute Gasteiger partial charge is 0.268 e. The van der Waals surface area contributed by atoms with E-state index in [0.717, 1.165) is 0 Å². The normalized spacial score (nSPS) is 12.4. The monoisotopic (exact) mass is 267 g/mol. The molecule has 6 nitrogen and oxygen atoms in total. The number of carbonyl (C=O) groups excluding carboxylic acids is 1. The summed E-state index contributed by atoms with van der Waals surface area (Å²) in [6, 6.07) is 1.40. The number of hydrogen-bond acceptors (Lipinski definition) is 3. The van der Waals surface area contributed by atoms with Crippen molar-refractivity contribution in [1.82, 2.24) is 24.6 Å². The molecule has 7 heteroatoms. The van der Waals surface area contributed by atoms with Crippen molar-refractivity contribution in [1.29, 1.82) is 0 Å². The molecule has 0 aliphatic carbocycles. The van der Waals surface area contributed by atoms with Crippen LogP contribution in [0.5, 0.6) is 0 Å². The van der Waals surface area contributed by atoms with Gasteiger partial charge >= 0.3 is 0 Å². The van der Waals surface area contributed by atoms with Crippen molar-refractivity contribution in [2.24, 2.45) is 14.1 Å². The van der Waals surface area contributed by atoms with E-state index < -0.39 is 0 Å². The lowest BCUT2D eigenvalue weighted by Gasteiger charge is -2.13. The first kappa shape index (κ1) is 12.6. The molecule has 2 heterocycles. The van der Waals surface area contributed by atoms with Gasteiger partial charge in [0.1, 0.15) is 17.8 Å². The summed E-state index contributed by atoms with van der Waals surface area (Å²) in [6.07, 6.45) is 3.14. The number of nitrogens with one attached hydrogen (secondary N) is 1. The average Bonchev–Trinajstić information content (AvgIpc) is 2.84. The van der Waals surface area contributed by atoms with Crippen molar-refractivity contribution < 1.29 is 4.79 Å². The van der Waals surface area contributed by atoms with E-state index >= 15 is 0 Å². The van der Waals surface area contributed by atoms with Crippen molar-refractivity contribution in [3.05, 3.63) is 35.1 Å². The Morgan fingerprint density at radius 1 is 1.50 bits per heavy atom. The molecule has 0 spiro atoms. The molecule has 0 saturated heterocycles. The Bertz CT molecular complexity index is 574. The topological polar surface area (TPSA) is 64.7 Å². The molecule has 0 saturated carbocycles. The standard InChI is InChI=1S/C11H14ClN5O/c1-7(10-13-6-14-17(10)3)15-11(18)9-4-8(12)5-16(9)2/h4-7H,1-3H3,(H,15,18)/t7-/m0/s1. The van der Waals surface area contributed by atoms with Crippen molar-refractivity contribution in [2.45, 2.75) is 13.0 Å². The zero-order chi connectivity index (χ0) is 13.3. The first-order valence-electron chi connectivity index (χ1n) is 5.45. The van der Waals surface area contributed by atoms with E-state index in [1.807, 2.05) is 6.92 Å². The van der Waals surface area contributed by atoms with E-state index in [-0.39, 0.29) is 11.9 Å². The lowest BCUT2D eigenvalue weighted by molar-refractivity contribution is 0.0929. The molecule has 2 aromatic rings. The van der Waals surface area contributed by atoms with Crippen LogP contribution in [0.3, 0.4) is 0 Å². The third kappa shape index (κ3) is 2.38. The predicted octanol–water partition coefficient (Wildman–Crippen LogP) is 1.30. The zero-order valence-electron chi connectivity index (χ0n) is 10.4.